The standard InChI is InChI=1S/C33H62O5/c1-3-5-7-9-11-13-15-16-18-20-22-24-26-28-33(36)38-31(29-34)30-37-32(35)27-25-23-21-19-17-14-12-10-8-6-4-2/h13,15,31,34H,3-12,14,16-30H2,1-2H3/b15-13-. The highest BCUT2D eigenvalue weighted by Crippen LogP contribution is 2.13. The molecule has 38 heavy (non-hydrogen) atoms. The van der Waals surface area contributed by atoms with Gasteiger partial charge in [0.15, 0.2) is 6.10 Å². The first-order valence-corrected chi connectivity index (χ1v) is 16.2. The zero-order valence-corrected chi connectivity index (χ0v) is 25.2. The number of aliphatic hydroxyl groups excluding tert-OH is 1. The predicted molar refractivity (Wildman–Crippen MR) is 159 cm³/mol. The summed E-state index contributed by atoms with van der Waals surface area (Å²) in [7, 11) is 0. The number of rotatable bonds is 29. The van der Waals surface area contributed by atoms with E-state index in [1.165, 1.54) is 96.3 Å². The van der Waals surface area contributed by atoms with Gasteiger partial charge in [0, 0.05) is 12.8 Å². The molecule has 0 rings (SSSR count). The van der Waals surface area contributed by atoms with Crippen LogP contribution in [0.2, 0.25) is 0 Å². The van der Waals surface area contributed by atoms with E-state index in [1.807, 2.05) is 0 Å². The van der Waals surface area contributed by atoms with Crippen LogP contribution in [-0.2, 0) is 19.1 Å². The second-order valence-corrected chi connectivity index (χ2v) is 10.9. The minimum Gasteiger partial charge on any atom is -0.462 e. The van der Waals surface area contributed by atoms with Crippen LogP contribution >= 0.6 is 0 Å². The molecule has 5 heteroatoms. The monoisotopic (exact) mass is 538 g/mol. The van der Waals surface area contributed by atoms with Crippen LogP contribution in [0.25, 0.3) is 0 Å². The lowest BCUT2D eigenvalue weighted by Gasteiger charge is -2.15. The van der Waals surface area contributed by atoms with Gasteiger partial charge in [-0.15, -0.1) is 0 Å². The molecule has 0 aliphatic heterocycles. The molecule has 0 saturated heterocycles. The van der Waals surface area contributed by atoms with Gasteiger partial charge in [0.05, 0.1) is 6.61 Å². The molecule has 1 N–H and O–H groups in total. The number of hydrogen-bond donors (Lipinski definition) is 1. The minimum absolute atomic E-state index is 0.0643. The number of carbonyl (C=O) groups excluding carboxylic acids is 2. The third kappa shape index (κ3) is 27.7. The molecule has 224 valence electrons. The molecule has 5 nitrogen and oxygen atoms in total. The Labute approximate surface area is 235 Å². The van der Waals surface area contributed by atoms with Crippen molar-refractivity contribution in [3.8, 4) is 0 Å². The van der Waals surface area contributed by atoms with E-state index in [0.29, 0.717) is 12.8 Å². The lowest BCUT2D eigenvalue weighted by molar-refractivity contribution is -0.161. The Balaban J connectivity index is 3.59. The first kappa shape index (κ1) is 36.6. The topological polar surface area (TPSA) is 72.8 Å². The molecular formula is C33H62O5. The van der Waals surface area contributed by atoms with Crippen molar-refractivity contribution in [2.24, 2.45) is 0 Å². The summed E-state index contributed by atoms with van der Waals surface area (Å²) in [4.78, 5) is 24.0. The Kier molecular flexibility index (Phi) is 29.1. The number of hydrogen-bond acceptors (Lipinski definition) is 5. The first-order chi connectivity index (χ1) is 18.6. The Morgan fingerprint density at radius 2 is 0.974 bits per heavy atom. The van der Waals surface area contributed by atoms with Crippen molar-refractivity contribution in [2.75, 3.05) is 13.2 Å². The van der Waals surface area contributed by atoms with Crippen LogP contribution in [0, 0.1) is 0 Å². The predicted octanol–water partition coefficient (Wildman–Crippen LogP) is 9.39. The number of allylic oxidation sites excluding steroid dienone is 2. The quantitative estimate of drug-likeness (QED) is 0.0583. The zero-order valence-electron chi connectivity index (χ0n) is 25.2. The normalized spacial score (nSPS) is 12.2. The molecule has 0 aromatic heterocycles. The summed E-state index contributed by atoms with van der Waals surface area (Å²) in [6.45, 7) is 4.09. The Hall–Kier alpha value is -1.36. The van der Waals surface area contributed by atoms with E-state index in [1.54, 1.807) is 0 Å². The molecule has 0 fully saturated rings. The molecule has 0 saturated carbocycles. The van der Waals surface area contributed by atoms with Crippen molar-refractivity contribution >= 4 is 11.9 Å². The second-order valence-electron chi connectivity index (χ2n) is 10.9. The van der Waals surface area contributed by atoms with E-state index in [-0.39, 0.29) is 25.2 Å². The van der Waals surface area contributed by atoms with Crippen LogP contribution in [0.5, 0.6) is 0 Å². The highest BCUT2D eigenvalue weighted by atomic mass is 16.6. The zero-order chi connectivity index (χ0) is 27.9. The SMILES string of the molecule is CCCCCC/C=C\CCCCCCCC(=O)OC(CO)COC(=O)CCCCCCCCCCCCC. The first-order valence-electron chi connectivity index (χ1n) is 16.2. The van der Waals surface area contributed by atoms with Gasteiger partial charge in [0.25, 0.3) is 0 Å². The van der Waals surface area contributed by atoms with Gasteiger partial charge in [-0.2, -0.15) is 0 Å². The fourth-order valence-electron chi connectivity index (χ4n) is 4.55. The Bertz CT molecular complexity index is 546. The van der Waals surface area contributed by atoms with Gasteiger partial charge in [-0.05, 0) is 38.5 Å². The minimum atomic E-state index is -0.766. The van der Waals surface area contributed by atoms with Crippen molar-refractivity contribution in [3.05, 3.63) is 12.2 Å². The lowest BCUT2D eigenvalue weighted by atomic mass is 10.1. The van der Waals surface area contributed by atoms with E-state index >= 15 is 0 Å². The van der Waals surface area contributed by atoms with E-state index in [9.17, 15) is 14.7 Å². The molecule has 0 heterocycles. The van der Waals surface area contributed by atoms with Crippen LogP contribution in [0.4, 0.5) is 0 Å². The molecule has 0 amide bonds. The van der Waals surface area contributed by atoms with Gasteiger partial charge in [-0.3, -0.25) is 9.59 Å². The van der Waals surface area contributed by atoms with Gasteiger partial charge >= 0.3 is 11.9 Å². The van der Waals surface area contributed by atoms with Crippen LogP contribution in [0.3, 0.4) is 0 Å². The van der Waals surface area contributed by atoms with E-state index in [2.05, 4.69) is 26.0 Å². The lowest BCUT2D eigenvalue weighted by Crippen LogP contribution is -2.28. The second kappa shape index (κ2) is 30.2. The van der Waals surface area contributed by atoms with Crippen molar-refractivity contribution < 1.29 is 24.2 Å². The molecule has 0 aliphatic carbocycles. The third-order valence-corrected chi connectivity index (χ3v) is 7.06. The van der Waals surface area contributed by atoms with Crippen LogP contribution in [0.15, 0.2) is 12.2 Å². The maximum atomic E-state index is 12.1. The fraction of sp³-hybridized carbons (Fsp3) is 0.879. The Morgan fingerprint density at radius 3 is 1.45 bits per heavy atom. The number of unbranched alkanes of at least 4 members (excludes halogenated alkanes) is 19. The summed E-state index contributed by atoms with van der Waals surface area (Å²) >= 11 is 0. The number of aliphatic hydroxyl groups is 1. The van der Waals surface area contributed by atoms with Gasteiger partial charge in [-0.25, -0.2) is 0 Å². The summed E-state index contributed by atoms with van der Waals surface area (Å²) in [5, 5.41) is 9.48. The summed E-state index contributed by atoms with van der Waals surface area (Å²) < 4.78 is 10.5. The molecule has 0 aliphatic rings. The third-order valence-electron chi connectivity index (χ3n) is 7.06. The maximum absolute atomic E-state index is 12.1. The molecule has 0 aromatic carbocycles. The molecule has 0 radical (unpaired) electrons. The molecule has 1 unspecified atom stereocenters. The van der Waals surface area contributed by atoms with Crippen LogP contribution < -0.4 is 0 Å². The van der Waals surface area contributed by atoms with E-state index < -0.39 is 6.10 Å². The summed E-state index contributed by atoms with van der Waals surface area (Å²) in [6, 6.07) is 0. The highest BCUT2D eigenvalue weighted by molar-refractivity contribution is 5.70. The van der Waals surface area contributed by atoms with Crippen LogP contribution in [-0.4, -0.2) is 36.4 Å². The fourth-order valence-corrected chi connectivity index (χ4v) is 4.55. The van der Waals surface area contributed by atoms with Gasteiger partial charge in [0.2, 0.25) is 0 Å². The molecular weight excluding hydrogens is 476 g/mol. The van der Waals surface area contributed by atoms with Crippen molar-refractivity contribution in [1.29, 1.82) is 0 Å². The number of ether oxygens (including phenoxy) is 2. The summed E-state index contributed by atoms with van der Waals surface area (Å²) in [5.74, 6) is -0.599. The largest absolute Gasteiger partial charge is 0.462 e. The van der Waals surface area contributed by atoms with Crippen molar-refractivity contribution in [2.45, 2.75) is 174 Å². The molecule has 0 spiro atoms. The number of esters is 2. The molecule has 0 aromatic rings. The molecule has 1 atom stereocenters. The average Bonchev–Trinajstić information content (AvgIpc) is 2.92. The smallest absolute Gasteiger partial charge is 0.306 e. The average molecular weight is 539 g/mol. The molecule has 0 bridgehead atoms. The van der Waals surface area contributed by atoms with Crippen molar-refractivity contribution in [3.63, 3.8) is 0 Å². The highest BCUT2D eigenvalue weighted by Gasteiger charge is 2.16. The van der Waals surface area contributed by atoms with Gasteiger partial charge in [0.1, 0.15) is 6.61 Å². The summed E-state index contributed by atoms with van der Waals surface area (Å²) in [6.07, 6.45) is 31.1. The van der Waals surface area contributed by atoms with E-state index in [0.717, 1.165) is 44.9 Å². The van der Waals surface area contributed by atoms with Gasteiger partial charge in [-0.1, -0.05) is 129 Å². The Morgan fingerprint density at radius 1 is 0.579 bits per heavy atom. The van der Waals surface area contributed by atoms with Crippen LogP contribution in [0.1, 0.15) is 168 Å². The summed E-state index contributed by atoms with van der Waals surface area (Å²) in [5.41, 5.74) is 0. The number of carbonyl (C=O) groups is 2. The van der Waals surface area contributed by atoms with Gasteiger partial charge < -0.3 is 14.6 Å². The maximum Gasteiger partial charge on any atom is 0.306 e. The van der Waals surface area contributed by atoms with E-state index in [4.69, 9.17) is 9.47 Å². The van der Waals surface area contributed by atoms with Crippen molar-refractivity contribution in [1.82, 2.24) is 0 Å².